The van der Waals surface area contributed by atoms with Gasteiger partial charge >= 0.3 is 12.1 Å². The summed E-state index contributed by atoms with van der Waals surface area (Å²) in [6, 6.07) is 17.1. The largest absolute Gasteiger partial charge is 0.454 e. The highest BCUT2D eigenvalue weighted by atomic mass is 16.6. The molecule has 0 bridgehead atoms. The topological polar surface area (TPSA) is 152 Å². The van der Waals surface area contributed by atoms with Gasteiger partial charge in [-0.25, -0.2) is 9.59 Å². The van der Waals surface area contributed by atoms with Gasteiger partial charge < -0.3 is 35.3 Å². The first-order valence-electron chi connectivity index (χ1n) is 13.6. The predicted molar refractivity (Wildman–Crippen MR) is 149 cm³/mol. The van der Waals surface area contributed by atoms with E-state index in [0.717, 1.165) is 5.56 Å². The molecule has 0 fully saturated rings. The molecule has 1 aliphatic heterocycles. The molecule has 2 aromatic carbocycles. The number of cyclic esters (lactones) is 1. The minimum absolute atomic E-state index is 0.0173. The molecule has 3 unspecified atom stereocenters. The zero-order valence-electron chi connectivity index (χ0n) is 22.8. The number of benzene rings is 2. The van der Waals surface area contributed by atoms with E-state index in [2.05, 4.69) is 16.0 Å². The summed E-state index contributed by atoms with van der Waals surface area (Å²) in [5.74, 6) is -2.00. The molecule has 3 rings (SSSR count). The lowest BCUT2D eigenvalue weighted by atomic mass is 9.98. The number of amides is 3. The molecule has 0 saturated carbocycles. The van der Waals surface area contributed by atoms with Crippen molar-refractivity contribution in [3.8, 4) is 0 Å². The van der Waals surface area contributed by atoms with E-state index in [4.69, 9.17) is 19.3 Å². The van der Waals surface area contributed by atoms with Gasteiger partial charge in [-0.3, -0.25) is 9.59 Å². The molecule has 0 saturated heterocycles. The molecule has 0 spiro atoms. The Labute approximate surface area is 239 Å². The Balaban J connectivity index is 1.69. The van der Waals surface area contributed by atoms with Crippen molar-refractivity contribution in [3.63, 3.8) is 0 Å². The molecule has 0 aromatic heterocycles. The summed E-state index contributed by atoms with van der Waals surface area (Å²) < 4.78 is 16.2. The smallest absolute Gasteiger partial charge is 0.408 e. The van der Waals surface area contributed by atoms with Gasteiger partial charge in [-0.1, -0.05) is 72.8 Å². The number of nitrogens with one attached hydrogen (secondary N) is 3. The van der Waals surface area contributed by atoms with Crippen LogP contribution < -0.4 is 16.0 Å². The third-order valence-corrected chi connectivity index (χ3v) is 6.25. The minimum atomic E-state index is -1.03. The van der Waals surface area contributed by atoms with Crippen LogP contribution in [-0.2, 0) is 35.2 Å². The zero-order chi connectivity index (χ0) is 29.3. The van der Waals surface area contributed by atoms with Crippen molar-refractivity contribution >= 4 is 23.9 Å². The normalized spacial score (nSPS) is 19.6. The molecular weight excluding hydrogens is 530 g/mol. The number of hydrogen-bond donors (Lipinski definition) is 4. The van der Waals surface area contributed by atoms with Crippen LogP contribution in [0.5, 0.6) is 0 Å². The number of aliphatic hydroxyl groups is 1. The van der Waals surface area contributed by atoms with Gasteiger partial charge in [-0.15, -0.1) is 0 Å². The second-order valence-corrected chi connectivity index (χ2v) is 9.37. The number of hydrogen-bond acceptors (Lipinski definition) is 8. The Kier molecular flexibility index (Phi) is 13.3. The van der Waals surface area contributed by atoms with E-state index < -0.39 is 30.1 Å². The van der Waals surface area contributed by atoms with Gasteiger partial charge in [-0.05, 0) is 24.0 Å². The van der Waals surface area contributed by atoms with Crippen LogP contribution in [-0.4, -0.2) is 67.9 Å². The first kappa shape index (κ1) is 31.3. The Morgan fingerprint density at radius 2 is 1.68 bits per heavy atom. The summed E-state index contributed by atoms with van der Waals surface area (Å²) in [5, 5.41) is 16.9. The van der Waals surface area contributed by atoms with Crippen LogP contribution in [0.15, 0.2) is 72.8 Å². The van der Waals surface area contributed by atoms with Crippen molar-refractivity contribution in [2.45, 2.75) is 38.0 Å². The first-order chi connectivity index (χ1) is 20.0. The molecule has 0 aliphatic carbocycles. The highest BCUT2D eigenvalue weighted by Crippen LogP contribution is 2.20. The van der Waals surface area contributed by atoms with Crippen molar-refractivity contribution in [3.05, 3.63) is 83.9 Å². The van der Waals surface area contributed by atoms with Crippen LogP contribution in [0.4, 0.5) is 4.79 Å². The number of carbonyl (C=O) groups excluding carboxylic acids is 4. The average molecular weight is 568 g/mol. The number of esters is 1. The molecule has 220 valence electrons. The lowest BCUT2D eigenvalue weighted by Gasteiger charge is -2.24. The third-order valence-electron chi connectivity index (χ3n) is 6.25. The van der Waals surface area contributed by atoms with Crippen molar-refractivity contribution in [2.75, 3.05) is 32.9 Å². The molecule has 0 radical (unpaired) electrons. The summed E-state index contributed by atoms with van der Waals surface area (Å²) in [7, 11) is 0. The van der Waals surface area contributed by atoms with Crippen LogP contribution >= 0.6 is 0 Å². The van der Waals surface area contributed by atoms with Crippen molar-refractivity contribution in [1.29, 1.82) is 0 Å². The lowest BCUT2D eigenvalue weighted by molar-refractivity contribution is -0.152. The Morgan fingerprint density at radius 3 is 2.41 bits per heavy atom. The van der Waals surface area contributed by atoms with Crippen LogP contribution in [0, 0.1) is 5.92 Å². The summed E-state index contributed by atoms with van der Waals surface area (Å²) in [6.45, 7) is 0.599. The molecule has 1 aliphatic rings. The molecule has 11 nitrogen and oxygen atoms in total. The van der Waals surface area contributed by atoms with E-state index >= 15 is 0 Å². The van der Waals surface area contributed by atoms with Crippen LogP contribution in [0.25, 0.3) is 0 Å². The van der Waals surface area contributed by atoms with Gasteiger partial charge in [0, 0.05) is 13.0 Å². The third kappa shape index (κ3) is 11.4. The van der Waals surface area contributed by atoms with E-state index in [1.54, 1.807) is 36.4 Å². The molecule has 41 heavy (non-hydrogen) atoms. The summed E-state index contributed by atoms with van der Waals surface area (Å²) in [6.07, 6.45) is 2.08. The maximum Gasteiger partial charge on any atom is 0.408 e. The number of allylic oxidation sites excluding steroid dienone is 1. The SMILES string of the molecule is O=C(CC1CC=CCC(NC(=O)OCc2ccccc2)C(=O)OC(c2ccccc2)CNC1=O)NCCOCCO. The molecule has 2 aromatic rings. The summed E-state index contributed by atoms with van der Waals surface area (Å²) in [5.41, 5.74) is 1.47. The summed E-state index contributed by atoms with van der Waals surface area (Å²) >= 11 is 0. The Bertz CT molecular complexity index is 1140. The molecule has 1 heterocycles. The highest BCUT2D eigenvalue weighted by molar-refractivity contribution is 5.86. The van der Waals surface area contributed by atoms with Gasteiger partial charge in [0.15, 0.2) is 0 Å². The fraction of sp³-hybridized carbons (Fsp3) is 0.400. The Hall–Kier alpha value is -4.22. The molecular formula is C30H37N3O8. The highest BCUT2D eigenvalue weighted by Gasteiger charge is 2.28. The molecule has 3 amide bonds. The lowest BCUT2D eigenvalue weighted by Crippen LogP contribution is -2.44. The second-order valence-electron chi connectivity index (χ2n) is 9.37. The molecule has 11 heteroatoms. The van der Waals surface area contributed by atoms with E-state index in [-0.39, 0.29) is 70.6 Å². The van der Waals surface area contributed by atoms with Crippen LogP contribution in [0.2, 0.25) is 0 Å². The van der Waals surface area contributed by atoms with Gasteiger partial charge in [-0.2, -0.15) is 0 Å². The van der Waals surface area contributed by atoms with Gasteiger partial charge in [0.05, 0.1) is 32.3 Å². The van der Waals surface area contributed by atoms with Crippen LogP contribution in [0.3, 0.4) is 0 Å². The summed E-state index contributed by atoms with van der Waals surface area (Å²) in [4.78, 5) is 51.2. The van der Waals surface area contributed by atoms with Crippen molar-refractivity contribution < 1.29 is 38.5 Å². The van der Waals surface area contributed by atoms with Crippen molar-refractivity contribution in [1.82, 2.24) is 16.0 Å². The minimum Gasteiger partial charge on any atom is -0.454 e. The monoisotopic (exact) mass is 567 g/mol. The fourth-order valence-corrected chi connectivity index (χ4v) is 4.08. The molecule has 4 N–H and O–H groups in total. The van der Waals surface area contributed by atoms with Gasteiger partial charge in [0.2, 0.25) is 11.8 Å². The molecule has 3 atom stereocenters. The van der Waals surface area contributed by atoms with E-state index in [1.165, 1.54) is 0 Å². The quantitative estimate of drug-likeness (QED) is 0.183. The van der Waals surface area contributed by atoms with E-state index in [1.807, 2.05) is 36.4 Å². The fourth-order valence-electron chi connectivity index (χ4n) is 4.08. The number of alkyl carbamates (subject to hydrolysis) is 1. The van der Waals surface area contributed by atoms with Gasteiger partial charge in [0.25, 0.3) is 0 Å². The number of carbonyl (C=O) groups is 4. The average Bonchev–Trinajstić information content (AvgIpc) is 2.99. The number of ether oxygens (including phenoxy) is 3. The van der Waals surface area contributed by atoms with E-state index in [0.29, 0.717) is 5.56 Å². The predicted octanol–water partition coefficient (Wildman–Crippen LogP) is 2.16. The maximum absolute atomic E-state index is 13.2. The van der Waals surface area contributed by atoms with Gasteiger partial charge in [0.1, 0.15) is 18.8 Å². The van der Waals surface area contributed by atoms with Crippen LogP contribution in [0.1, 0.15) is 36.5 Å². The standard InChI is InChI=1S/C30H37N3O8/c34-16-18-39-17-15-31-27(35)19-24-13-7-8-14-25(33-30(38)40-21-22-9-3-1-4-10-22)29(37)41-26(20-32-28(24)36)23-11-5-2-6-12-23/h1-12,24-26,34H,13-21H2,(H,31,35)(H,32,36)(H,33,38). The second kappa shape index (κ2) is 17.5. The van der Waals surface area contributed by atoms with E-state index in [9.17, 15) is 19.2 Å². The zero-order valence-corrected chi connectivity index (χ0v) is 22.8. The first-order valence-corrected chi connectivity index (χ1v) is 13.6. The Morgan fingerprint density at radius 1 is 0.976 bits per heavy atom. The maximum atomic E-state index is 13.2. The number of rotatable bonds is 11. The number of aliphatic hydroxyl groups excluding tert-OH is 1. The van der Waals surface area contributed by atoms with Crippen molar-refractivity contribution in [2.24, 2.45) is 5.92 Å².